The molecular formula is C20H24N2O3. The fourth-order valence-electron chi connectivity index (χ4n) is 2.89. The first-order valence-corrected chi connectivity index (χ1v) is 8.73. The third kappa shape index (κ3) is 4.12. The van der Waals surface area contributed by atoms with E-state index in [2.05, 4.69) is 10.6 Å². The van der Waals surface area contributed by atoms with E-state index in [1.54, 1.807) is 0 Å². The standard InChI is InChI=1S/C20H24N2O3/c1-2-24-18-10-5-6-11-19(18)25-15-13-22-17-9-4-3-8-16(17)21-20(22)12-7-14-23/h3-6,8-11,23H,2,7,12-15H2,1H3. The Morgan fingerprint density at radius 1 is 1.00 bits per heavy atom. The molecule has 5 nitrogen and oxygen atoms in total. The molecular weight excluding hydrogens is 316 g/mol. The molecule has 132 valence electrons. The highest BCUT2D eigenvalue weighted by molar-refractivity contribution is 5.75. The van der Waals surface area contributed by atoms with E-state index < -0.39 is 0 Å². The number of benzene rings is 2. The van der Waals surface area contributed by atoms with Crippen molar-refractivity contribution in [2.45, 2.75) is 26.3 Å². The van der Waals surface area contributed by atoms with Gasteiger partial charge in [0.2, 0.25) is 0 Å². The lowest BCUT2D eigenvalue weighted by molar-refractivity contribution is 0.265. The van der Waals surface area contributed by atoms with E-state index in [0.717, 1.165) is 34.8 Å². The molecule has 0 aliphatic carbocycles. The van der Waals surface area contributed by atoms with Crippen LogP contribution >= 0.6 is 0 Å². The van der Waals surface area contributed by atoms with Crippen LogP contribution in [0.1, 0.15) is 19.2 Å². The number of hydrogen-bond donors (Lipinski definition) is 1. The average molecular weight is 340 g/mol. The minimum atomic E-state index is 0.168. The van der Waals surface area contributed by atoms with Gasteiger partial charge < -0.3 is 19.1 Å². The van der Waals surface area contributed by atoms with Crippen molar-refractivity contribution in [3.05, 3.63) is 54.4 Å². The Labute approximate surface area is 147 Å². The number of nitrogens with zero attached hydrogens (tertiary/aromatic N) is 2. The highest BCUT2D eigenvalue weighted by Gasteiger charge is 2.11. The van der Waals surface area contributed by atoms with Crippen molar-refractivity contribution >= 4 is 11.0 Å². The maximum Gasteiger partial charge on any atom is 0.161 e. The van der Waals surface area contributed by atoms with Crippen LogP contribution in [0, 0.1) is 0 Å². The molecule has 1 heterocycles. The molecule has 0 amide bonds. The molecule has 0 aliphatic heterocycles. The second-order valence-electron chi connectivity index (χ2n) is 5.72. The number of rotatable bonds is 9. The van der Waals surface area contributed by atoms with Crippen molar-refractivity contribution in [2.75, 3.05) is 19.8 Å². The zero-order chi connectivity index (χ0) is 17.5. The molecule has 0 atom stereocenters. The zero-order valence-corrected chi connectivity index (χ0v) is 14.5. The number of aliphatic hydroxyl groups is 1. The highest BCUT2D eigenvalue weighted by atomic mass is 16.5. The molecule has 0 aliphatic rings. The van der Waals surface area contributed by atoms with Crippen LogP contribution in [0.5, 0.6) is 11.5 Å². The third-order valence-corrected chi connectivity index (χ3v) is 4.01. The average Bonchev–Trinajstić information content (AvgIpc) is 2.99. The highest BCUT2D eigenvalue weighted by Crippen LogP contribution is 2.26. The van der Waals surface area contributed by atoms with E-state index >= 15 is 0 Å². The number of aliphatic hydroxyl groups excluding tert-OH is 1. The van der Waals surface area contributed by atoms with Crippen LogP contribution < -0.4 is 9.47 Å². The number of imidazole rings is 1. The van der Waals surface area contributed by atoms with E-state index in [4.69, 9.17) is 19.6 Å². The molecule has 5 heteroatoms. The Bertz CT molecular complexity index is 814. The number of aromatic nitrogens is 2. The summed E-state index contributed by atoms with van der Waals surface area (Å²) in [6.45, 7) is 3.96. The van der Waals surface area contributed by atoms with Gasteiger partial charge in [-0.25, -0.2) is 4.98 Å². The molecule has 0 spiro atoms. The van der Waals surface area contributed by atoms with Crippen molar-refractivity contribution < 1.29 is 14.6 Å². The maximum atomic E-state index is 9.12. The summed E-state index contributed by atoms with van der Waals surface area (Å²) >= 11 is 0. The van der Waals surface area contributed by atoms with Crippen LogP contribution in [0.15, 0.2) is 48.5 Å². The van der Waals surface area contributed by atoms with Crippen molar-refractivity contribution in [3.8, 4) is 11.5 Å². The number of ether oxygens (including phenoxy) is 2. The summed E-state index contributed by atoms with van der Waals surface area (Å²) in [6, 6.07) is 15.8. The van der Waals surface area contributed by atoms with Gasteiger partial charge in [-0.2, -0.15) is 0 Å². The third-order valence-electron chi connectivity index (χ3n) is 4.01. The Kier molecular flexibility index (Phi) is 5.90. The largest absolute Gasteiger partial charge is 0.490 e. The van der Waals surface area contributed by atoms with Gasteiger partial charge in [0.15, 0.2) is 11.5 Å². The summed E-state index contributed by atoms with van der Waals surface area (Å²) in [6.07, 6.45) is 1.46. The first-order chi connectivity index (χ1) is 12.3. The first-order valence-electron chi connectivity index (χ1n) is 8.73. The molecule has 0 saturated carbocycles. The predicted octanol–water partition coefficient (Wildman–Crippen LogP) is 3.44. The minimum Gasteiger partial charge on any atom is -0.490 e. The SMILES string of the molecule is CCOc1ccccc1OCCn1c(CCCO)nc2ccccc21. The Morgan fingerprint density at radius 2 is 1.72 bits per heavy atom. The smallest absolute Gasteiger partial charge is 0.161 e. The summed E-state index contributed by atoms with van der Waals surface area (Å²) < 4.78 is 13.7. The van der Waals surface area contributed by atoms with Gasteiger partial charge in [-0.15, -0.1) is 0 Å². The van der Waals surface area contributed by atoms with Crippen molar-refractivity contribution in [2.24, 2.45) is 0 Å². The molecule has 0 bridgehead atoms. The Balaban J connectivity index is 1.74. The van der Waals surface area contributed by atoms with Gasteiger partial charge in [0, 0.05) is 13.0 Å². The molecule has 0 radical (unpaired) electrons. The van der Waals surface area contributed by atoms with Gasteiger partial charge in [-0.3, -0.25) is 0 Å². The van der Waals surface area contributed by atoms with Gasteiger partial charge >= 0.3 is 0 Å². The molecule has 0 fully saturated rings. The normalized spacial score (nSPS) is 11.0. The summed E-state index contributed by atoms with van der Waals surface area (Å²) in [5.74, 6) is 2.50. The molecule has 1 aromatic heterocycles. The molecule has 1 N–H and O–H groups in total. The van der Waals surface area contributed by atoms with Gasteiger partial charge in [-0.05, 0) is 37.6 Å². The molecule has 3 aromatic rings. The van der Waals surface area contributed by atoms with Crippen molar-refractivity contribution in [1.29, 1.82) is 0 Å². The molecule has 3 rings (SSSR count). The monoisotopic (exact) mass is 340 g/mol. The van der Waals surface area contributed by atoms with E-state index in [-0.39, 0.29) is 6.61 Å². The fraction of sp³-hybridized carbons (Fsp3) is 0.350. The van der Waals surface area contributed by atoms with Crippen LogP contribution in [0.2, 0.25) is 0 Å². The maximum absolute atomic E-state index is 9.12. The van der Waals surface area contributed by atoms with Crippen LogP contribution in [-0.2, 0) is 13.0 Å². The quantitative estimate of drug-likeness (QED) is 0.648. The molecule has 2 aromatic carbocycles. The molecule has 0 unspecified atom stereocenters. The topological polar surface area (TPSA) is 56.5 Å². The summed E-state index contributed by atoms with van der Waals surface area (Å²) in [5.41, 5.74) is 2.07. The second-order valence-corrected chi connectivity index (χ2v) is 5.72. The number of aryl methyl sites for hydroxylation is 1. The summed E-state index contributed by atoms with van der Waals surface area (Å²) in [4.78, 5) is 4.69. The van der Waals surface area contributed by atoms with Gasteiger partial charge in [0.1, 0.15) is 12.4 Å². The summed E-state index contributed by atoms with van der Waals surface area (Å²) in [5, 5.41) is 9.12. The van der Waals surface area contributed by atoms with Crippen LogP contribution in [0.3, 0.4) is 0 Å². The van der Waals surface area contributed by atoms with Crippen LogP contribution in [0.25, 0.3) is 11.0 Å². The number of fused-ring (bicyclic) bond motifs is 1. The molecule has 25 heavy (non-hydrogen) atoms. The Hall–Kier alpha value is -2.53. The van der Waals surface area contributed by atoms with Gasteiger partial charge in [0.05, 0.1) is 24.2 Å². The predicted molar refractivity (Wildman–Crippen MR) is 98.2 cm³/mol. The van der Waals surface area contributed by atoms with E-state index in [9.17, 15) is 0 Å². The van der Waals surface area contributed by atoms with Crippen molar-refractivity contribution in [1.82, 2.24) is 9.55 Å². The minimum absolute atomic E-state index is 0.168. The fourth-order valence-corrected chi connectivity index (χ4v) is 2.89. The number of hydrogen-bond acceptors (Lipinski definition) is 4. The van der Waals surface area contributed by atoms with Crippen LogP contribution in [0.4, 0.5) is 0 Å². The van der Waals surface area contributed by atoms with Gasteiger partial charge in [-0.1, -0.05) is 24.3 Å². The van der Waals surface area contributed by atoms with Gasteiger partial charge in [0.25, 0.3) is 0 Å². The lowest BCUT2D eigenvalue weighted by Crippen LogP contribution is -2.12. The lowest BCUT2D eigenvalue weighted by atomic mass is 10.3. The van der Waals surface area contributed by atoms with Crippen molar-refractivity contribution in [3.63, 3.8) is 0 Å². The second kappa shape index (κ2) is 8.53. The first kappa shape index (κ1) is 17.3. The Morgan fingerprint density at radius 3 is 2.48 bits per heavy atom. The zero-order valence-electron chi connectivity index (χ0n) is 14.5. The van der Waals surface area contributed by atoms with E-state index in [1.165, 1.54) is 0 Å². The van der Waals surface area contributed by atoms with Crippen LogP contribution in [-0.4, -0.2) is 34.5 Å². The van der Waals surface area contributed by atoms with E-state index in [0.29, 0.717) is 26.2 Å². The van der Waals surface area contributed by atoms with E-state index in [1.807, 2.05) is 49.4 Å². The molecule has 0 saturated heterocycles. The summed E-state index contributed by atoms with van der Waals surface area (Å²) in [7, 11) is 0. The lowest BCUT2D eigenvalue weighted by Gasteiger charge is -2.13. The number of para-hydroxylation sites is 4.